The van der Waals surface area contributed by atoms with E-state index in [4.69, 9.17) is 5.73 Å². The maximum Gasteiger partial charge on any atom is 0.343 e. The van der Waals surface area contributed by atoms with Gasteiger partial charge in [-0.3, -0.25) is 9.36 Å². The van der Waals surface area contributed by atoms with Gasteiger partial charge < -0.3 is 15.9 Å². The van der Waals surface area contributed by atoms with E-state index >= 15 is 0 Å². The Hall–Kier alpha value is -2.64. The molecular formula is C18H15BrN2O4. The van der Waals surface area contributed by atoms with Crippen molar-refractivity contribution >= 4 is 38.5 Å². The number of aromatic carboxylic acids is 1. The third kappa shape index (κ3) is 2.92. The molecule has 0 radical (unpaired) electrons. The lowest BCUT2D eigenvalue weighted by atomic mass is 10.1. The second-order valence-corrected chi connectivity index (χ2v) is 6.58. The predicted molar refractivity (Wildman–Crippen MR) is 99.3 cm³/mol. The maximum absolute atomic E-state index is 12.8. The minimum absolute atomic E-state index is 0.0585. The highest BCUT2D eigenvalue weighted by molar-refractivity contribution is 9.10. The van der Waals surface area contributed by atoms with Crippen molar-refractivity contribution in [2.45, 2.75) is 13.0 Å². The van der Waals surface area contributed by atoms with E-state index in [1.807, 2.05) is 0 Å². The number of carboxylic acids is 1. The van der Waals surface area contributed by atoms with Crippen LogP contribution in [0.25, 0.3) is 16.6 Å². The molecule has 0 bridgehead atoms. The van der Waals surface area contributed by atoms with Crippen LogP contribution in [0.2, 0.25) is 0 Å². The summed E-state index contributed by atoms with van der Waals surface area (Å²) in [6, 6.07) is 11.8. The van der Waals surface area contributed by atoms with Crippen LogP contribution in [0.1, 0.15) is 28.9 Å². The second-order valence-electron chi connectivity index (χ2n) is 5.66. The van der Waals surface area contributed by atoms with Crippen molar-refractivity contribution in [3.8, 4) is 5.69 Å². The molecule has 1 heterocycles. The average Bonchev–Trinajstić information content (AvgIpc) is 2.54. The van der Waals surface area contributed by atoms with Crippen molar-refractivity contribution in [3.63, 3.8) is 0 Å². The lowest BCUT2D eigenvalue weighted by molar-refractivity contribution is 0.0696. The summed E-state index contributed by atoms with van der Waals surface area (Å²) >= 11 is 3.36. The summed E-state index contributed by atoms with van der Waals surface area (Å²) in [6.45, 7) is 1.64. The molecule has 1 atom stereocenters. The highest BCUT2D eigenvalue weighted by Gasteiger charge is 2.21. The summed E-state index contributed by atoms with van der Waals surface area (Å²) in [5, 5.41) is 19.5. The van der Waals surface area contributed by atoms with Gasteiger partial charge in [-0.15, -0.1) is 0 Å². The number of rotatable bonds is 3. The molecular weight excluding hydrogens is 388 g/mol. The SMILES string of the molecule is C[C@@H](O)c1ccc(-n2c(=O)c(C(=O)O)c(N)c3ccc(Br)cc32)cc1. The van der Waals surface area contributed by atoms with Gasteiger partial charge in [-0.05, 0) is 42.8 Å². The molecule has 128 valence electrons. The molecule has 0 spiro atoms. The van der Waals surface area contributed by atoms with Crippen molar-refractivity contribution < 1.29 is 15.0 Å². The fourth-order valence-corrected chi connectivity index (χ4v) is 3.10. The summed E-state index contributed by atoms with van der Waals surface area (Å²) in [7, 11) is 0. The first-order chi connectivity index (χ1) is 11.8. The number of anilines is 1. The number of fused-ring (bicyclic) bond motifs is 1. The Balaban J connectivity index is 2.42. The van der Waals surface area contributed by atoms with Gasteiger partial charge in [0.15, 0.2) is 0 Å². The molecule has 0 aliphatic heterocycles. The number of nitrogens with zero attached hydrogens (tertiary/aromatic N) is 1. The largest absolute Gasteiger partial charge is 0.477 e. The minimum Gasteiger partial charge on any atom is -0.477 e. The molecule has 0 saturated carbocycles. The number of nitrogen functional groups attached to an aromatic ring is 1. The monoisotopic (exact) mass is 402 g/mol. The lowest BCUT2D eigenvalue weighted by Gasteiger charge is -2.15. The molecule has 0 unspecified atom stereocenters. The van der Waals surface area contributed by atoms with Crippen molar-refractivity contribution in [1.29, 1.82) is 0 Å². The molecule has 0 amide bonds. The highest BCUT2D eigenvalue weighted by Crippen LogP contribution is 2.28. The second kappa shape index (κ2) is 6.34. The van der Waals surface area contributed by atoms with Crippen LogP contribution in [0.5, 0.6) is 0 Å². The van der Waals surface area contributed by atoms with Crippen LogP contribution in [0.3, 0.4) is 0 Å². The van der Waals surface area contributed by atoms with Gasteiger partial charge in [-0.1, -0.05) is 28.1 Å². The van der Waals surface area contributed by atoms with E-state index in [2.05, 4.69) is 15.9 Å². The number of carboxylic acid groups (broad SMARTS) is 1. The Bertz CT molecular complexity index is 1040. The van der Waals surface area contributed by atoms with Crippen LogP contribution in [-0.4, -0.2) is 20.7 Å². The van der Waals surface area contributed by atoms with Crippen molar-refractivity contribution in [2.75, 3.05) is 5.73 Å². The van der Waals surface area contributed by atoms with Crippen LogP contribution >= 0.6 is 15.9 Å². The van der Waals surface area contributed by atoms with E-state index in [9.17, 15) is 19.8 Å². The van der Waals surface area contributed by atoms with Gasteiger partial charge in [0.25, 0.3) is 5.56 Å². The number of hydrogen-bond acceptors (Lipinski definition) is 4. The minimum atomic E-state index is -1.37. The van der Waals surface area contributed by atoms with Crippen molar-refractivity contribution in [1.82, 2.24) is 4.57 Å². The third-order valence-corrected chi connectivity index (χ3v) is 4.52. The van der Waals surface area contributed by atoms with Gasteiger partial charge in [0.05, 0.1) is 17.3 Å². The van der Waals surface area contributed by atoms with E-state index in [0.29, 0.717) is 22.2 Å². The molecule has 7 heteroatoms. The Morgan fingerprint density at radius 2 is 1.84 bits per heavy atom. The normalized spacial score (nSPS) is 12.3. The van der Waals surface area contributed by atoms with E-state index < -0.39 is 23.2 Å². The quantitative estimate of drug-likeness (QED) is 0.623. The summed E-state index contributed by atoms with van der Waals surface area (Å²) in [6.07, 6.45) is -0.641. The van der Waals surface area contributed by atoms with Crippen LogP contribution in [-0.2, 0) is 0 Å². The molecule has 0 aliphatic carbocycles. The number of aliphatic hydroxyl groups excluding tert-OH is 1. The zero-order chi connectivity index (χ0) is 18.3. The van der Waals surface area contributed by atoms with E-state index in [0.717, 1.165) is 4.47 Å². The molecule has 3 rings (SSSR count). The van der Waals surface area contributed by atoms with Crippen molar-refractivity contribution in [3.05, 3.63) is 68.4 Å². The number of pyridine rings is 1. The number of aliphatic hydroxyl groups is 1. The summed E-state index contributed by atoms with van der Waals surface area (Å²) in [4.78, 5) is 24.4. The summed E-state index contributed by atoms with van der Waals surface area (Å²) < 4.78 is 2.04. The van der Waals surface area contributed by atoms with Crippen LogP contribution in [0.15, 0.2) is 51.7 Å². The number of nitrogens with two attached hydrogens (primary N) is 1. The standard InChI is InChI=1S/C18H15BrN2O4/c1-9(22)10-2-5-12(6-3-10)21-14-8-11(19)4-7-13(14)16(20)15(17(21)23)18(24)25/h2-9,22H,20H2,1H3,(H,24,25)/t9-/m1/s1. The summed E-state index contributed by atoms with van der Waals surface area (Å²) in [5.74, 6) is -1.37. The highest BCUT2D eigenvalue weighted by atomic mass is 79.9. The first kappa shape index (κ1) is 17.2. The third-order valence-electron chi connectivity index (χ3n) is 4.02. The first-order valence-corrected chi connectivity index (χ1v) is 8.26. The Morgan fingerprint density at radius 1 is 1.20 bits per heavy atom. The molecule has 0 saturated heterocycles. The zero-order valence-electron chi connectivity index (χ0n) is 13.2. The van der Waals surface area contributed by atoms with Gasteiger partial charge in [-0.25, -0.2) is 4.79 Å². The Morgan fingerprint density at radius 3 is 2.40 bits per heavy atom. The van der Waals surface area contributed by atoms with Crippen LogP contribution < -0.4 is 11.3 Å². The first-order valence-electron chi connectivity index (χ1n) is 7.46. The average molecular weight is 403 g/mol. The van der Waals surface area contributed by atoms with Gasteiger partial charge in [0, 0.05) is 15.5 Å². The number of carbonyl (C=O) groups is 1. The predicted octanol–water partition coefficient (Wildman–Crippen LogP) is 3.09. The fraction of sp³-hybridized carbons (Fsp3) is 0.111. The maximum atomic E-state index is 12.8. The van der Waals surface area contributed by atoms with E-state index in [1.165, 1.54) is 4.57 Å². The van der Waals surface area contributed by atoms with Crippen molar-refractivity contribution in [2.24, 2.45) is 0 Å². The van der Waals surface area contributed by atoms with Gasteiger partial charge in [0.2, 0.25) is 0 Å². The fourth-order valence-electron chi connectivity index (χ4n) is 2.75. The Labute approximate surface area is 151 Å². The molecule has 2 aromatic carbocycles. The van der Waals surface area contributed by atoms with Gasteiger partial charge in [-0.2, -0.15) is 0 Å². The van der Waals surface area contributed by atoms with E-state index in [1.54, 1.807) is 49.4 Å². The summed E-state index contributed by atoms with van der Waals surface area (Å²) in [5.41, 5.74) is 6.38. The molecule has 25 heavy (non-hydrogen) atoms. The number of benzene rings is 2. The topological polar surface area (TPSA) is 106 Å². The van der Waals surface area contributed by atoms with Gasteiger partial charge in [0.1, 0.15) is 5.56 Å². The van der Waals surface area contributed by atoms with Gasteiger partial charge >= 0.3 is 5.97 Å². The molecule has 6 nitrogen and oxygen atoms in total. The molecule has 3 aromatic rings. The molecule has 0 aliphatic rings. The Kier molecular flexibility index (Phi) is 4.36. The smallest absolute Gasteiger partial charge is 0.343 e. The number of halogens is 1. The number of aromatic nitrogens is 1. The van der Waals surface area contributed by atoms with E-state index in [-0.39, 0.29) is 5.69 Å². The lowest BCUT2D eigenvalue weighted by Crippen LogP contribution is -2.27. The molecule has 1 aromatic heterocycles. The zero-order valence-corrected chi connectivity index (χ0v) is 14.8. The van der Waals surface area contributed by atoms with Crippen LogP contribution in [0.4, 0.5) is 5.69 Å². The van der Waals surface area contributed by atoms with Crippen LogP contribution in [0, 0.1) is 0 Å². The molecule has 0 fully saturated rings. The number of hydrogen-bond donors (Lipinski definition) is 3. The molecule has 4 N–H and O–H groups in total.